The lowest BCUT2D eigenvalue weighted by molar-refractivity contribution is -0.142. The Morgan fingerprint density at radius 3 is 2.57 bits per heavy atom. The number of ether oxygens (including phenoxy) is 1. The quantitative estimate of drug-likeness (QED) is 0.846. The van der Waals surface area contributed by atoms with Crippen LogP contribution in [0.5, 0.6) is 0 Å². The van der Waals surface area contributed by atoms with E-state index in [4.69, 9.17) is 0 Å². The Morgan fingerprint density at radius 1 is 1.19 bits per heavy atom. The number of benzene rings is 2. The van der Waals surface area contributed by atoms with Crippen LogP contribution in [-0.2, 0) is 20.7 Å². The van der Waals surface area contributed by atoms with E-state index in [9.17, 15) is 14.7 Å². The van der Waals surface area contributed by atoms with Crippen molar-refractivity contribution in [1.82, 2.24) is 5.32 Å². The number of hydrogen-bond donors (Lipinski definition) is 2. The van der Waals surface area contributed by atoms with E-state index in [2.05, 4.69) is 10.1 Å². The molecule has 2 aromatic rings. The molecule has 21 heavy (non-hydrogen) atoms. The second kappa shape index (κ2) is 6.85. The van der Waals surface area contributed by atoms with Gasteiger partial charge in [0.25, 0.3) is 0 Å². The first kappa shape index (κ1) is 15.0. The summed E-state index contributed by atoms with van der Waals surface area (Å²) in [5.41, 5.74) is 0.860. The van der Waals surface area contributed by atoms with Crippen LogP contribution in [0.25, 0.3) is 10.8 Å². The Bertz CT molecular complexity index is 654. The molecule has 0 saturated carbocycles. The smallest absolute Gasteiger partial charge is 0.326 e. The van der Waals surface area contributed by atoms with Gasteiger partial charge in [-0.2, -0.15) is 0 Å². The number of fused-ring (bicyclic) bond motifs is 1. The summed E-state index contributed by atoms with van der Waals surface area (Å²) in [4.78, 5) is 22.7. The van der Waals surface area contributed by atoms with Gasteiger partial charge in [-0.1, -0.05) is 42.5 Å². The predicted octanol–water partition coefficient (Wildman–Crippen LogP) is 1.60. The van der Waals surface area contributed by atoms with Gasteiger partial charge in [-0.15, -0.1) is 0 Å². The van der Waals surface area contributed by atoms with Crippen LogP contribution < -0.4 is 5.32 Å². The highest BCUT2D eigenvalue weighted by Gasteiger charge is 2.20. The normalized spacial score (nSPS) is 12.0. The Labute approximate surface area is 122 Å². The van der Waals surface area contributed by atoms with Crippen LogP contribution in [0, 0.1) is 0 Å². The van der Waals surface area contributed by atoms with Gasteiger partial charge in [0.05, 0.1) is 0 Å². The zero-order chi connectivity index (χ0) is 15.2. The van der Waals surface area contributed by atoms with Crippen LogP contribution in [0.2, 0.25) is 0 Å². The average Bonchev–Trinajstić information content (AvgIpc) is 2.46. The van der Waals surface area contributed by atoms with Crippen LogP contribution in [0.1, 0.15) is 5.56 Å². The predicted molar refractivity (Wildman–Crippen MR) is 79.1 cm³/mol. The molecule has 5 heteroatoms. The summed E-state index contributed by atoms with van der Waals surface area (Å²) >= 11 is 0. The molecule has 0 spiro atoms. The number of nitrogens with one attached hydrogen (secondary N) is 1. The summed E-state index contributed by atoms with van der Waals surface area (Å²) in [6.45, 7) is -0.151. The van der Waals surface area contributed by atoms with E-state index < -0.39 is 17.9 Å². The van der Waals surface area contributed by atoms with E-state index in [-0.39, 0.29) is 13.0 Å². The van der Waals surface area contributed by atoms with E-state index in [1.54, 1.807) is 0 Å². The van der Waals surface area contributed by atoms with Crippen molar-refractivity contribution in [2.45, 2.75) is 12.5 Å². The molecule has 0 aliphatic heterocycles. The second-order valence-corrected chi connectivity index (χ2v) is 4.78. The third kappa shape index (κ3) is 4.03. The molecule has 0 aliphatic rings. The minimum atomic E-state index is -1.06. The number of carboxylic acid groups (broad SMARTS) is 1. The number of methoxy groups -OCH3 is 1. The van der Waals surface area contributed by atoms with Gasteiger partial charge in [-0.3, -0.25) is 4.79 Å². The van der Waals surface area contributed by atoms with Crippen molar-refractivity contribution in [1.29, 1.82) is 0 Å². The molecular weight excluding hydrogens is 270 g/mol. The van der Waals surface area contributed by atoms with E-state index in [1.165, 1.54) is 7.11 Å². The fourth-order valence-electron chi connectivity index (χ4n) is 2.17. The van der Waals surface area contributed by atoms with Crippen molar-refractivity contribution >= 4 is 22.6 Å². The molecule has 0 aliphatic carbocycles. The Kier molecular flexibility index (Phi) is 4.90. The molecular formula is C16H17NO4. The van der Waals surface area contributed by atoms with Crippen molar-refractivity contribution in [3.8, 4) is 0 Å². The van der Waals surface area contributed by atoms with E-state index >= 15 is 0 Å². The van der Waals surface area contributed by atoms with Gasteiger partial charge in [0.15, 0.2) is 0 Å². The second-order valence-electron chi connectivity index (χ2n) is 4.78. The first-order valence-electron chi connectivity index (χ1n) is 6.59. The van der Waals surface area contributed by atoms with Gasteiger partial charge in [0, 0.05) is 13.5 Å². The third-order valence-corrected chi connectivity index (χ3v) is 3.16. The lowest BCUT2D eigenvalue weighted by atomic mass is 10.0. The van der Waals surface area contributed by atoms with Gasteiger partial charge in [-0.25, -0.2) is 4.79 Å². The molecule has 5 nitrogen and oxygen atoms in total. The minimum Gasteiger partial charge on any atom is -0.480 e. The van der Waals surface area contributed by atoms with Gasteiger partial charge in [0.2, 0.25) is 5.91 Å². The zero-order valence-electron chi connectivity index (χ0n) is 11.7. The van der Waals surface area contributed by atoms with Crippen molar-refractivity contribution in [2.75, 3.05) is 13.7 Å². The highest BCUT2D eigenvalue weighted by atomic mass is 16.5. The molecule has 2 aromatic carbocycles. The third-order valence-electron chi connectivity index (χ3n) is 3.16. The van der Waals surface area contributed by atoms with E-state index in [1.807, 2.05) is 42.5 Å². The Hall–Kier alpha value is -2.40. The maximum absolute atomic E-state index is 11.5. The van der Waals surface area contributed by atoms with Crippen LogP contribution >= 0.6 is 0 Å². The number of carbonyl (C=O) groups is 2. The molecule has 0 saturated heterocycles. The topological polar surface area (TPSA) is 75.6 Å². The van der Waals surface area contributed by atoms with Crippen molar-refractivity contribution in [2.24, 2.45) is 0 Å². The molecule has 1 amide bonds. The first-order chi connectivity index (χ1) is 10.1. The summed E-state index contributed by atoms with van der Waals surface area (Å²) in [5, 5.41) is 13.8. The van der Waals surface area contributed by atoms with Crippen molar-refractivity contribution in [3.05, 3.63) is 48.0 Å². The lowest BCUT2D eigenvalue weighted by Gasteiger charge is -2.14. The standard InChI is InChI=1S/C16H17NO4/c1-21-10-15(18)17-14(16(19)20)9-11-6-7-12-4-2-3-5-13(12)8-11/h2-8,14H,9-10H2,1H3,(H,17,18)(H,19,20). The fraction of sp³-hybridized carbons (Fsp3) is 0.250. The molecule has 110 valence electrons. The van der Waals surface area contributed by atoms with Gasteiger partial charge < -0.3 is 15.2 Å². The molecule has 0 heterocycles. The SMILES string of the molecule is COCC(=O)NC(Cc1ccc2ccccc2c1)C(=O)O. The summed E-state index contributed by atoms with van der Waals surface area (Å²) in [6, 6.07) is 12.6. The van der Waals surface area contributed by atoms with Gasteiger partial charge in [0.1, 0.15) is 12.6 Å². The van der Waals surface area contributed by atoms with Gasteiger partial charge in [-0.05, 0) is 16.3 Å². The van der Waals surface area contributed by atoms with Crippen LogP contribution in [-0.4, -0.2) is 36.7 Å². The molecule has 1 unspecified atom stereocenters. The lowest BCUT2D eigenvalue weighted by Crippen LogP contribution is -2.43. The fourth-order valence-corrected chi connectivity index (χ4v) is 2.17. The number of amides is 1. The molecule has 0 radical (unpaired) electrons. The van der Waals surface area contributed by atoms with Crippen LogP contribution in [0.3, 0.4) is 0 Å². The molecule has 2 N–H and O–H groups in total. The monoisotopic (exact) mass is 287 g/mol. The van der Waals surface area contributed by atoms with Crippen molar-refractivity contribution < 1.29 is 19.4 Å². The summed E-state index contributed by atoms with van der Waals surface area (Å²) in [6.07, 6.45) is 0.232. The number of aliphatic carboxylic acids is 1. The first-order valence-corrected chi connectivity index (χ1v) is 6.59. The molecule has 1 atom stereocenters. The van der Waals surface area contributed by atoms with Crippen LogP contribution in [0.15, 0.2) is 42.5 Å². The molecule has 0 fully saturated rings. The molecule has 0 bridgehead atoms. The largest absolute Gasteiger partial charge is 0.480 e. The number of rotatable bonds is 6. The molecule has 2 rings (SSSR count). The Morgan fingerprint density at radius 2 is 1.90 bits per heavy atom. The van der Waals surface area contributed by atoms with E-state index in [0.717, 1.165) is 16.3 Å². The van der Waals surface area contributed by atoms with Crippen molar-refractivity contribution in [3.63, 3.8) is 0 Å². The highest BCUT2D eigenvalue weighted by molar-refractivity contribution is 5.85. The number of carboxylic acids is 1. The average molecular weight is 287 g/mol. The summed E-state index contributed by atoms with van der Waals surface area (Å²) in [5.74, 6) is -1.50. The van der Waals surface area contributed by atoms with E-state index in [0.29, 0.717) is 0 Å². The summed E-state index contributed by atoms with van der Waals surface area (Å²) in [7, 11) is 1.39. The number of hydrogen-bond acceptors (Lipinski definition) is 3. The van der Waals surface area contributed by atoms with Gasteiger partial charge >= 0.3 is 5.97 Å². The minimum absolute atomic E-state index is 0.151. The molecule has 0 aromatic heterocycles. The maximum atomic E-state index is 11.5. The zero-order valence-corrected chi connectivity index (χ0v) is 11.7. The maximum Gasteiger partial charge on any atom is 0.326 e. The number of carbonyl (C=O) groups excluding carboxylic acids is 1. The summed E-state index contributed by atoms with van der Waals surface area (Å²) < 4.78 is 4.69. The highest BCUT2D eigenvalue weighted by Crippen LogP contribution is 2.16. The van der Waals surface area contributed by atoms with Crippen LogP contribution in [0.4, 0.5) is 0 Å². The Balaban J connectivity index is 2.14.